The first-order valence-electron chi connectivity index (χ1n) is 11.5. The molecule has 1 aliphatic rings. The molecule has 1 amide bonds. The Kier molecular flexibility index (Phi) is 6.48. The van der Waals surface area contributed by atoms with Crippen LogP contribution in [-0.4, -0.2) is 33.8 Å². The highest BCUT2D eigenvalue weighted by atomic mass is 16.5. The third kappa shape index (κ3) is 4.69. The van der Waals surface area contributed by atoms with Gasteiger partial charge in [0.05, 0.1) is 24.3 Å². The molecule has 4 rings (SSSR count). The second-order valence-electron chi connectivity index (χ2n) is 9.86. The van der Waals surface area contributed by atoms with Gasteiger partial charge in [0.25, 0.3) is 11.7 Å². The number of carbonyl (C=O) groups excluding carboxylic acids is 2. The summed E-state index contributed by atoms with van der Waals surface area (Å²) in [4.78, 5) is 32.2. The van der Waals surface area contributed by atoms with Crippen molar-refractivity contribution in [2.75, 3.05) is 7.11 Å². The zero-order valence-corrected chi connectivity index (χ0v) is 20.7. The minimum atomic E-state index is -0.744. The van der Waals surface area contributed by atoms with Gasteiger partial charge in [-0.25, -0.2) is 0 Å². The molecule has 0 aliphatic carbocycles. The SMILES string of the molecule is COc1ccc(C(C)(C)C)cc1/C(O)=C1\C(=O)C(=O)N(Cc2ccncc2)C1c1cccc(C)c1. The van der Waals surface area contributed by atoms with Crippen molar-refractivity contribution in [3.05, 3.63) is 100 Å². The summed E-state index contributed by atoms with van der Waals surface area (Å²) < 4.78 is 5.53. The summed E-state index contributed by atoms with van der Waals surface area (Å²) in [6, 6.07) is 16.1. The van der Waals surface area contributed by atoms with Crippen molar-refractivity contribution in [2.45, 2.75) is 45.7 Å². The van der Waals surface area contributed by atoms with E-state index in [1.54, 1.807) is 18.5 Å². The Morgan fingerprint density at radius 1 is 1.06 bits per heavy atom. The third-order valence-corrected chi connectivity index (χ3v) is 6.32. The van der Waals surface area contributed by atoms with Crippen LogP contribution in [0, 0.1) is 6.92 Å². The lowest BCUT2D eigenvalue weighted by molar-refractivity contribution is -0.140. The number of hydrogen-bond acceptors (Lipinski definition) is 5. The van der Waals surface area contributed by atoms with E-state index in [4.69, 9.17) is 4.74 Å². The molecule has 0 bridgehead atoms. The Morgan fingerprint density at radius 3 is 2.40 bits per heavy atom. The average molecular weight is 471 g/mol. The molecule has 0 radical (unpaired) electrons. The van der Waals surface area contributed by atoms with E-state index in [1.165, 1.54) is 12.0 Å². The Balaban J connectivity index is 1.94. The molecule has 35 heavy (non-hydrogen) atoms. The number of hydrogen-bond donors (Lipinski definition) is 1. The van der Waals surface area contributed by atoms with E-state index in [-0.39, 0.29) is 23.3 Å². The van der Waals surface area contributed by atoms with E-state index >= 15 is 0 Å². The molecule has 0 spiro atoms. The standard InChI is InChI=1S/C29H30N2O4/c1-18-7-6-8-20(15-18)25-24(27(33)28(34)31(25)17-19-11-13-30-14-12-19)26(32)22-16-21(29(2,3)4)9-10-23(22)35-5/h6-16,25,32H,17H2,1-5H3/b26-24+. The normalized spacial score (nSPS) is 17.6. The van der Waals surface area contributed by atoms with Gasteiger partial charge < -0.3 is 14.7 Å². The summed E-state index contributed by atoms with van der Waals surface area (Å²) in [5, 5.41) is 11.6. The number of nitrogens with zero attached hydrogens (tertiary/aromatic N) is 2. The summed E-state index contributed by atoms with van der Waals surface area (Å²) in [6.45, 7) is 8.37. The molecule has 1 atom stereocenters. The second-order valence-corrected chi connectivity index (χ2v) is 9.86. The zero-order chi connectivity index (χ0) is 25.3. The van der Waals surface area contributed by atoms with Gasteiger partial charge in [0.15, 0.2) is 0 Å². The lowest BCUT2D eigenvalue weighted by atomic mass is 9.85. The van der Waals surface area contributed by atoms with Crippen LogP contribution in [-0.2, 0) is 21.5 Å². The van der Waals surface area contributed by atoms with Crippen LogP contribution in [0.25, 0.3) is 5.76 Å². The Bertz CT molecular complexity index is 1310. The maximum absolute atomic E-state index is 13.4. The lowest BCUT2D eigenvalue weighted by Gasteiger charge is -2.26. The number of ketones is 1. The molecule has 1 N–H and O–H groups in total. The minimum Gasteiger partial charge on any atom is -0.507 e. The number of aliphatic hydroxyl groups is 1. The predicted octanol–water partition coefficient (Wildman–Crippen LogP) is 5.32. The maximum atomic E-state index is 13.4. The first-order chi connectivity index (χ1) is 16.6. The summed E-state index contributed by atoms with van der Waals surface area (Å²) in [5.74, 6) is -1.18. The number of aromatic nitrogens is 1. The van der Waals surface area contributed by atoms with E-state index in [0.717, 1.165) is 22.3 Å². The molecule has 180 valence electrons. The first kappa shape index (κ1) is 24.2. The van der Waals surface area contributed by atoms with Crippen LogP contribution < -0.4 is 4.74 Å². The number of ether oxygens (including phenoxy) is 1. The van der Waals surface area contributed by atoms with Gasteiger partial charge in [-0.1, -0.05) is 56.7 Å². The number of aryl methyl sites for hydroxylation is 1. The summed E-state index contributed by atoms with van der Waals surface area (Å²) in [6.07, 6.45) is 3.30. The smallest absolute Gasteiger partial charge is 0.295 e. The van der Waals surface area contributed by atoms with E-state index < -0.39 is 17.7 Å². The topological polar surface area (TPSA) is 79.7 Å². The fourth-order valence-corrected chi connectivity index (χ4v) is 4.42. The van der Waals surface area contributed by atoms with E-state index in [9.17, 15) is 14.7 Å². The Morgan fingerprint density at radius 2 is 1.77 bits per heavy atom. The molecule has 3 aromatic rings. The quantitative estimate of drug-likeness (QED) is 0.310. The van der Waals surface area contributed by atoms with Crippen LogP contribution in [0.4, 0.5) is 0 Å². The number of likely N-dealkylation sites (tertiary alicyclic amines) is 1. The van der Waals surface area contributed by atoms with Gasteiger partial charge in [-0.2, -0.15) is 0 Å². The summed E-state index contributed by atoms with van der Waals surface area (Å²) in [5.41, 5.74) is 3.81. The number of carbonyl (C=O) groups is 2. The van der Waals surface area contributed by atoms with Crippen LogP contribution in [0.3, 0.4) is 0 Å². The molecule has 1 saturated heterocycles. The van der Waals surface area contributed by atoms with Crippen LogP contribution >= 0.6 is 0 Å². The molecular weight excluding hydrogens is 440 g/mol. The third-order valence-electron chi connectivity index (χ3n) is 6.32. The lowest BCUT2D eigenvalue weighted by Crippen LogP contribution is -2.29. The van der Waals surface area contributed by atoms with Crippen molar-refractivity contribution in [1.82, 2.24) is 9.88 Å². The summed E-state index contributed by atoms with van der Waals surface area (Å²) >= 11 is 0. The fraction of sp³-hybridized carbons (Fsp3) is 0.276. The van der Waals surface area contributed by atoms with Gasteiger partial charge in [0, 0.05) is 18.9 Å². The highest BCUT2D eigenvalue weighted by Crippen LogP contribution is 2.42. The molecule has 6 nitrogen and oxygen atoms in total. The monoisotopic (exact) mass is 470 g/mol. The summed E-state index contributed by atoms with van der Waals surface area (Å²) in [7, 11) is 1.52. The molecular formula is C29H30N2O4. The molecule has 2 heterocycles. The Labute approximate surface area is 205 Å². The van der Waals surface area contributed by atoms with E-state index in [2.05, 4.69) is 25.8 Å². The van der Waals surface area contributed by atoms with Gasteiger partial charge in [-0.05, 0) is 53.3 Å². The second kappa shape index (κ2) is 9.37. The minimum absolute atomic E-state index is 0.0546. The number of aliphatic hydroxyl groups excluding tert-OH is 1. The van der Waals surface area contributed by atoms with Crippen molar-refractivity contribution in [3.8, 4) is 5.75 Å². The zero-order valence-electron chi connectivity index (χ0n) is 20.7. The maximum Gasteiger partial charge on any atom is 0.295 e. The Hall–Kier alpha value is -3.93. The number of pyridine rings is 1. The van der Waals surface area contributed by atoms with Gasteiger partial charge >= 0.3 is 0 Å². The molecule has 1 unspecified atom stereocenters. The highest BCUT2D eigenvalue weighted by Gasteiger charge is 2.46. The van der Waals surface area contributed by atoms with Crippen LogP contribution in [0.5, 0.6) is 5.75 Å². The average Bonchev–Trinajstić information content (AvgIpc) is 3.08. The van der Waals surface area contributed by atoms with Crippen molar-refractivity contribution < 1.29 is 19.4 Å². The van der Waals surface area contributed by atoms with Gasteiger partial charge in [0.1, 0.15) is 11.5 Å². The van der Waals surface area contributed by atoms with Crippen LogP contribution in [0.2, 0.25) is 0 Å². The predicted molar refractivity (Wildman–Crippen MR) is 135 cm³/mol. The molecule has 1 aliphatic heterocycles. The number of methoxy groups -OCH3 is 1. The van der Waals surface area contributed by atoms with E-state index in [1.807, 2.05) is 55.5 Å². The van der Waals surface area contributed by atoms with E-state index in [0.29, 0.717) is 11.3 Å². The van der Waals surface area contributed by atoms with Crippen molar-refractivity contribution in [1.29, 1.82) is 0 Å². The molecule has 1 fully saturated rings. The van der Waals surface area contributed by atoms with Gasteiger partial charge in [-0.15, -0.1) is 0 Å². The number of Topliss-reactive ketones (excluding diaryl/α,β-unsaturated/α-hetero) is 1. The van der Waals surface area contributed by atoms with Crippen molar-refractivity contribution in [2.24, 2.45) is 0 Å². The molecule has 1 aromatic heterocycles. The number of amides is 1. The number of benzene rings is 2. The van der Waals surface area contributed by atoms with Crippen LogP contribution in [0.15, 0.2) is 72.6 Å². The van der Waals surface area contributed by atoms with Gasteiger partial charge in [0.2, 0.25) is 0 Å². The fourth-order valence-electron chi connectivity index (χ4n) is 4.42. The van der Waals surface area contributed by atoms with Crippen molar-refractivity contribution >= 4 is 17.4 Å². The molecule has 2 aromatic carbocycles. The number of rotatable bonds is 5. The largest absolute Gasteiger partial charge is 0.507 e. The highest BCUT2D eigenvalue weighted by molar-refractivity contribution is 6.46. The molecule has 6 heteroatoms. The first-order valence-corrected chi connectivity index (χ1v) is 11.5. The van der Waals surface area contributed by atoms with Crippen LogP contribution in [0.1, 0.15) is 54.6 Å². The van der Waals surface area contributed by atoms with Gasteiger partial charge in [-0.3, -0.25) is 14.6 Å². The molecule has 0 saturated carbocycles. The van der Waals surface area contributed by atoms with Crippen molar-refractivity contribution in [3.63, 3.8) is 0 Å².